The van der Waals surface area contributed by atoms with Crippen LogP contribution < -0.4 is 11.1 Å². The van der Waals surface area contributed by atoms with Crippen molar-refractivity contribution in [3.63, 3.8) is 0 Å². The molecule has 0 radical (unpaired) electrons. The number of benzene rings is 1. The molecule has 25 heavy (non-hydrogen) atoms. The van der Waals surface area contributed by atoms with E-state index >= 15 is 0 Å². The largest absolute Gasteiger partial charge is 0.343 e. The number of anilines is 1. The monoisotopic (exact) mass is 349 g/mol. The summed E-state index contributed by atoms with van der Waals surface area (Å²) in [6, 6.07) is 5.75. The van der Waals surface area contributed by atoms with Gasteiger partial charge in [-0.2, -0.15) is 0 Å². The maximum atomic E-state index is 12.9. The average Bonchev–Trinajstić information content (AvgIpc) is 2.63. The Hall–Kier alpha value is -1.95. The SMILES string of the molecule is NCCCCCCC(=O)N1CCC(C(=O)Nc2ccc(F)cc2)CC1. The van der Waals surface area contributed by atoms with Crippen LogP contribution in [0.3, 0.4) is 0 Å². The van der Waals surface area contributed by atoms with Crippen molar-refractivity contribution in [2.75, 3.05) is 25.0 Å². The molecule has 1 heterocycles. The van der Waals surface area contributed by atoms with Gasteiger partial charge in [-0.1, -0.05) is 12.8 Å². The zero-order chi connectivity index (χ0) is 18.1. The van der Waals surface area contributed by atoms with E-state index in [-0.39, 0.29) is 23.5 Å². The van der Waals surface area contributed by atoms with Crippen molar-refractivity contribution >= 4 is 17.5 Å². The lowest BCUT2D eigenvalue weighted by Crippen LogP contribution is -2.41. The molecule has 0 bridgehead atoms. The number of nitrogens with one attached hydrogen (secondary N) is 1. The molecule has 6 heteroatoms. The molecular weight excluding hydrogens is 321 g/mol. The number of nitrogens with zero attached hydrogens (tertiary/aromatic N) is 1. The number of hydrogen-bond acceptors (Lipinski definition) is 3. The summed E-state index contributed by atoms with van der Waals surface area (Å²) >= 11 is 0. The van der Waals surface area contributed by atoms with E-state index < -0.39 is 0 Å². The standard InChI is InChI=1S/C19H28FN3O2/c20-16-6-8-17(9-7-16)22-19(25)15-10-13-23(14-11-15)18(24)5-3-1-2-4-12-21/h6-9,15H,1-5,10-14,21H2,(H,22,25). The molecule has 1 aliphatic heterocycles. The predicted octanol–water partition coefficient (Wildman–Crippen LogP) is 2.91. The summed E-state index contributed by atoms with van der Waals surface area (Å²) in [4.78, 5) is 26.3. The summed E-state index contributed by atoms with van der Waals surface area (Å²) in [7, 11) is 0. The highest BCUT2D eigenvalue weighted by Crippen LogP contribution is 2.20. The van der Waals surface area contributed by atoms with Gasteiger partial charge in [0.1, 0.15) is 5.82 Å². The fourth-order valence-corrected chi connectivity index (χ4v) is 3.10. The Labute approximate surface area is 148 Å². The number of carbonyl (C=O) groups excluding carboxylic acids is 2. The van der Waals surface area contributed by atoms with Crippen LogP contribution in [0.5, 0.6) is 0 Å². The molecule has 0 spiro atoms. The Balaban J connectivity index is 1.68. The second kappa shape index (κ2) is 10.1. The maximum absolute atomic E-state index is 12.9. The van der Waals surface area contributed by atoms with Gasteiger partial charge in [-0.25, -0.2) is 4.39 Å². The summed E-state index contributed by atoms with van der Waals surface area (Å²) < 4.78 is 12.9. The van der Waals surface area contributed by atoms with Crippen molar-refractivity contribution in [1.82, 2.24) is 4.90 Å². The van der Waals surface area contributed by atoms with Gasteiger partial charge < -0.3 is 16.0 Å². The van der Waals surface area contributed by atoms with Crippen molar-refractivity contribution in [3.05, 3.63) is 30.1 Å². The Morgan fingerprint density at radius 1 is 1.08 bits per heavy atom. The highest BCUT2D eigenvalue weighted by atomic mass is 19.1. The molecule has 0 atom stereocenters. The van der Waals surface area contributed by atoms with Crippen LogP contribution in [0.15, 0.2) is 24.3 Å². The van der Waals surface area contributed by atoms with E-state index in [2.05, 4.69) is 5.32 Å². The first-order valence-electron chi connectivity index (χ1n) is 9.14. The molecule has 1 saturated heterocycles. The molecule has 0 aromatic heterocycles. The zero-order valence-electron chi connectivity index (χ0n) is 14.7. The number of rotatable bonds is 8. The van der Waals surface area contributed by atoms with Gasteiger partial charge >= 0.3 is 0 Å². The van der Waals surface area contributed by atoms with Crippen molar-refractivity contribution in [2.45, 2.75) is 44.9 Å². The minimum Gasteiger partial charge on any atom is -0.343 e. The van der Waals surface area contributed by atoms with Gasteiger partial charge in [0.25, 0.3) is 0 Å². The quantitative estimate of drug-likeness (QED) is 0.709. The van der Waals surface area contributed by atoms with Crippen molar-refractivity contribution < 1.29 is 14.0 Å². The van der Waals surface area contributed by atoms with Crippen molar-refractivity contribution in [2.24, 2.45) is 11.7 Å². The predicted molar refractivity (Wildman–Crippen MR) is 96.5 cm³/mol. The van der Waals surface area contributed by atoms with Gasteiger partial charge in [0.2, 0.25) is 11.8 Å². The van der Waals surface area contributed by atoms with Gasteiger partial charge in [-0.05, 0) is 56.5 Å². The van der Waals surface area contributed by atoms with Crippen LogP contribution in [0.25, 0.3) is 0 Å². The van der Waals surface area contributed by atoms with Crippen LogP contribution in [0.2, 0.25) is 0 Å². The van der Waals surface area contributed by atoms with Crippen LogP contribution in [0.1, 0.15) is 44.9 Å². The first kappa shape index (κ1) is 19.4. The summed E-state index contributed by atoms with van der Waals surface area (Å²) in [5.74, 6) is -0.294. The fraction of sp³-hybridized carbons (Fsp3) is 0.579. The van der Waals surface area contributed by atoms with E-state index in [9.17, 15) is 14.0 Å². The molecule has 0 unspecified atom stereocenters. The molecule has 3 N–H and O–H groups in total. The highest BCUT2D eigenvalue weighted by Gasteiger charge is 2.27. The van der Waals surface area contributed by atoms with E-state index in [1.807, 2.05) is 4.90 Å². The average molecular weight is 349 g/mol. The Bertz CT molecular complexity index is 554. The first-order valence-corrected chi connectivity index (χ1v) is 9.14. The fourth-order valence-electron chi connectivity index (χ4n) is 3.10. The van der Waals surface area contributed by atoms with E-state index in [0.29, 0.717) is 44.6 Å². The molecule has 2 amide bonds. The lowest BCUT2D eigenvalue weighted by Gasteiger charge is -2.31. The lowest BCUT2D eigenvalue weighted by molar-refractivity contribution is -0.134. The number of likely N-dealkylation sites (tertiary alicyclic amines) is 1. The molecule has 138 valence electrons. The van der Waals surface area contributed by atoms with Crippen LogP contribution in [-0.2, 0) is 9.59 Å². The van der Waals surface area contributed by atoms with Gasteiger partial charge in [0.15, 0.2) is 0 Å². The van der Waals surface area contributed by atoms with Crippen molar-refractivity contribution in [3.8, 4) is 0 Å². The number of unbranched alkanes of at least 4 members (excludes halogenated alkanes) is 3. The van der Waals surface area contributed by atoms with Crippen LogP contribution in [0, 0.1) is 11.7 Å². The molecule has 1 fully saturated rings. The Morgan fingerprint density at radius 2 is 1.72 bits per heavy atom. The molecule has 5 nitrogen and oxygen atoms in total. The Kier molecular flexibility index (Phi) is 7.85. The summed E-state index contributed by atoms with van der Waals surface area (Å²) in [6.07, 6.45) is 5.97. The summed E-state index contributed by atoms with van der Waals surface area (Å²) in [5.41, 5.74) is 6.05. The summed E-state index contributed by atoms with van der Waals surface area (Å²) in [6.45, 7) is 1.97. The van der Waals surface area contributed by atoms with Gasteiger partial charge in [0.05, 0.1) is 0 Å². The van der Waals surface area contributed by atoms with Crippen LogP contribution in [0.4, 0.5) is 10.1 Å². The topological polar surface area (TPSA) is 75.4 Å². The van der Waals surface area contributed by atoms with Crippen molar-refractivity contribution in [1.29, 1.82) is 0 Å². The number of piperidine rings is 1. The number of amides is 2. The minimum atomic E-state index is -0.326. The molecule has 1 aromatic rings. The lowest BCUT2D eigenvalue weighted by atomic mass is 9.95. The van der Waals surface area contributed by atoms with E-state index in [1.54, 1.807) is 12.1 Å². The third kappa shape index (κ3) is 6.46. The highest BCUT2D eigenvalue weighted by molar-refractivity contribution is 5.92. The van der Waals surface area contributed by atoms with Gasteiger partial charge in [0, 0.05) is 31.1 Å². The molecule has 2 rings (SSSR count). The van der Waals surface area contributed by atoms with E-state index in [0.717, 1.165) is 25.7 Å². The molecule has 1 aromatic carbocycles. The number of nitrogens with two attached hydrogens (primary N) is 1. The maximum Gasteiger partial charge on any atom is 0.227 e. The number of carbonyl (C=O) groups is 2. The smallest absolute Gasteiger partial charge is 0.227 e. The first-order chi connectivity index (χ1) is 12.1. The van der Waals surface area contributed by atoms with E-state index in [4.69, 9.17) is 5.73 Å². The Morgan fingerprint density at radius 3 is 2.36 bits per heavy atom. The normalized spacial score (nSPS) is 15.2. The van der Waals surface area contributed by atoms with E-state index in [1.165, 1.54) is 12.1 Å². The number of hydrogen-bond donors (Lipinski definition) is 2. The second-order valence-electron chi connectivity index (χ2n) is 6.60. The molecular formula is C19H28FN3O2. The second-order valence-corrected chi connectivity index (χ2v) is 6.60. The van der Waals surface area contributed by atoms with Crippen LogP contribution in [-0.4, -0.2) is 36.3 Å². The van der Waals surface area contributed by atoms with Gasteiger partial charge in [-0.15, -0.1) is 0 Å². The third-order valence-corrected chi connectivity index (χ3v) is 4.67. The van der Waals surface area contributed by atoms with Crippen LogP contribution >= 0.6 is 0 Å². The number of halogens is 1. The third-order valence-electron chi connectivity index (χ3n) is 4.67. The van der Waals surface area contributed by atoms with Gasteiger partial charge in [-0.3, -0.25) is 9.59 Å². The molecule has 0 saturated carbocycles. The minimum absolute atomic E-state index is 0.0551. The zero-order valence-corrected chi connectivity index (χ0v) is 14.7. The summed E-state index contributed by atoms with van der Waals surface area (Å²) in [5, 5.41) is 2.82. The molecule has 0 aliphatic carbocycles. The molecule has 1 aliphatic rings.